The number of pyridine rings is 1. The number of hydrogen-bond acceptors (Lipinski definition) is 5. The van der Waals surface area contributed by atoms with E-state index < -0.39 is 0 Å². The molecule has 0 saturated heterocycles. The summed E-state index contributed by atoms with van der Waals surface area (Å²) in [5.74, 6) is 1.23. The van der Waals surface area contributed by atoms with Crippen molar-refractivity contribution < 1.29 is 10.9 Å². The Morgan fingerprint density at radius 1 is 1.08 bits per heavy atom. The van der Waals surface area contributed by atoms with Gasteiger partial charge in [0.2, 0.25) is 0 Å². The number of rotatable bonds is 5. The Morgan fingerprint density at radius 3 is 2.38 bits per heavy atom. The lowest BCUT2D eigenvalue weighted by Gasteiger charge is -2.12. The van der Waals surface area contributed by atoms with Crippen molar-refractivity contribution in [2.75, 3.05) is 0 Å². The van der Waals surface area contributed by atoms with Gasteiger partial charge >= 0.3 is 0 Å². The standard InChI is InChI=1S/C19H17N3O2/c1-13(18-5-3-4-10-20-18)15-6-8-16(9-7-15)24-17-11-21-19(14(2)23)22-12-17/h3-13H,1-2H3/i4D. The molecule has 24 heavy (non-hydrogen) atoms. The van der Waals surface area contributed by atoms with Crippen LogP contribution in [0.15, 0.2) is 61.0 Å². The first-order valence-electron chi connectivity index (χ1n) is 8.06. The van der Waals surface area contributed by atoms with Crippen molar-refractivity contribution in [3.8, 4) is 11.5 Å². The van der Waals surface area contributed by atoms with Gasteiger partial charge in [0.1, 0.15) is 5.75 Å². The summed E-state index contributed by atoms with van der Waals surface area (Å²) in [6.45, 7) is 3.48. The van der Waals surface area contributed by atoms with E-state index in [4.69, 9.17) is 6.11 Å². The van der Waals surface area contributed by atoms with E-state index >= 15 is 0 Å². The molecule has 120 valence electrons. The highest BCUT2D eigenvalue weighted by atomic mass is 16.5. The van der Waals surface area contributed by atoms with Crippen LogP contribution in [0.3, 0.4) is 0 Å². The third kappa shape index (κ3) is 3.63. The van der Waals surface area contributed by atoms with Crippen LogP contribution in [0.1, 0.15) is 43.0 Å². The number of Topliss-reactive ketones (excluding diaryl/α,β-unsaturated/α-hetero) is 1. The third-order valence-corrected chi connectivity index (χ3v) is 3.64. The molecule has 0 fully saturated rings. The van der Waals surface area contributed by atoms with Crippen LogP contribution >= 0.6 is 0 Å². The van der Waals surface area contributed by atoms with E-state index in [-0.39, 0.29) is 17.5 Å². The summed E-state index contributed by atoms with van der Waals surface area (Å²) in [5.41, 5.74) is 2.01. The van der Waals surface area contributed by atoms with E-state index in [9.17, 15) is 4.79 Å². The Morgan fingerprint density at radius 2 is 1.79 bits per heavy atom. The van der Waals surface area contributed by atoms with Gasteiger partial charge in [-0.3, -0.25) is 9.78 Å². The third-order valence-electron chi connectivity index (χ3n) is 3.64. The van der Waals surface area contributed by atoms with Gasteiger partial charge in [-0.05, 0) is 29.8 Å². The number of ketones is 1. The number of ether oxygens (including phenoxy) is 1. The van der Waals surface area contributed by atoms with Gasteiger partial charge < -0.3 is 4.74 Å². The lowest BCUT2D eigenvalue weighted by Crippen LogP contribution is -2.00. The smallest absolute Gasteiger partial charge is 0.196 e. The molecular weight excluding hydrogens is 302 g/mol. The van der Waals surface area contributed by atoms with E-state index in [1.54, 1.807) is 12.3 Å². The normalized spacial score (nSPS) is 12.3. The van der Waals surface area contributed by atoms with E-state index in [2.05, 4.69) is 21.9 Å². The summed E-state index contributed by atoms with van der Waals surface area (Å²) in [6, 6.07) is 11.7. The van der Waals surface area contributed by atoms with Crippen molar-refractivity contribution in [1.29, 1.82) is 0 Å². The molecular formula is C19H17N3O2. The van der Waals surface area contributed by atoms with Crippen molar-refractivity contribution in [3.05, 3.63) is 78.1 Å². The van der Waals surface area contributed by atoms with Crippen LogP contribution in [-0.4, -0.2) is 20.7 Å². The lowest BCUT2D eigenvalue weighted by atomic mass is 9.97. The molecule has 0 aliphatic rings. The Hall–Kier alpha value is -3.08. The van der Waals surface area contributed by atoms with Gasteiger partial charge in [-0.1, -0.05) is 25.1 Å². The molecule has 0 bridgehead atoms. The fraction of sp³-hybridized carbons (Fsp3) is 0.158. The second kappa shape index (κ2) is 7.00. The summed E-state index contributed by atoms with van der Waals surface area (Å²) in [4.78, 5) is 23.4. The second-order valence-corrected chi connectivity index (χ2v) is 5.37. The summed E-state index contributed by atoms with van der Waals surface area (Å²) < 4.78 is 13.2. The fourth-order valence-corrected chi connectivity index (χ4v) is 2.27. The van der Waals surface area contributed by atoms with E-state index in [0.29, 0.717) is 17.5 Å². The van der Waals surface area contributed by atoms with Crippen LogP contribution in [-0.2, 0) is 0 Å². The van der Waals surface area contributed by atoms with Crippen LogP contribution < -0.4 is 4.74 Å². The Labute approximate surface area is 141 Å². The second-order valence-electron chi connectivity index (χ2n) is 5.37. The minimum Gasteiger partial charge on any atom is -0.454 e. The molecule has 3 aromatic rings. The van der Waals surface area contributed by atoms with Gasteiger partial charge in [0.15, 0.2) is 17.4 Å². The van der Waals surface area contributed by atoms with Crippen molar-refractivity contribution in [2.45, 2.75) is 19.8 Å². The maximum Gasteiger partial charge on any atom is 0.196 e. The number of carbonyl (C=O) groups is 1. The molecule has 1 atom stereocenters. The lowest BCUT2D eigenvalue weighted by molar-refractivity contribution is 0.100. The topological polar surface area (TPSA) is 65.0 Å². The molecule has 0 N–H and O–H groups in total. The number of aromatic nitrogens is 3. The minimum atomic E-state index is -0.183. The van der Waals surface area contributed by atoms with Crippen molar-refractivity contribution >= 4 is 5.78 Å². The highest BCUT2D eigenvalue weighted by molar-refractivity contribution is 5.90. The summed E-state index contributed by atoms with van der Waals surface area (Å²) >= 11 is 0. The zero-order valence-electron chi connectivity index (χ0n) is 14.4. The maximum atomic E-state index is 11.2. The Balaban J connectivity index is 1.71. The zero-order chi connectivity index (χ0) is 17.8. The molecule has 0 aliphatic carbocycles. The van der Waals surface area contributed by atoms with E-state index in [0.717, 1.165) is 11.3 Å². The largest absolute Gasteiger partial charge is 0.454 e. The average molecular weight is 320 g/mol. The maximum absolute atomic E-state index is 11.2. The molecule has 2 aromatic heterocycles. The van der Waals surface area contributed by atoms with E-state index in [1.165, 1.54) is 19.3 Å². The quantitative estimate of drug-likeness (QED) is 0.664. The van der Waals surface area contributed by atoms with Crippen molar-refractivity contribution in [3.63, 3.8) is 0 Å². The molecule has 0 spiro atoms. The summed E-state index contributed by atoms with van der Waals surface area (Å²) in [5, 5.41) is 0. The number of carbonyl (C=O) groups excluding carboxylic acids is 1. The molecule has 1 aromatic carbocycles. The number of benzene rings is 1. The van der Waals surface area contributed by atoms with Crippen LogP contribution in [0.5, 0.6) is 11.5 Å². The molecule has 0 aliphatic heterocycles. The molecule has 5 nitrogen and oxygen atoms in total. The van der Waals surface area contributed by atoms with E-state index in [1.807, 2.05) is 30.3 Å². The SMILES string of the molecule is [2H]c1ccc(C(C)c2ccc(Oc3cnc(C(C)=O)nc3)cc2)nc1. The molecule has 1 unspecified atom stereocenters. The average Bonchev–Trinajstić information content (AvgIpc) is 2.63. The highest BCUT2D eigenvalue weighted by Gasteiger charge is 2.10. The van der Waals surface area contributed by atoms with Crippen LogP contribution in [0, 0.1) is 0 Å². The first-order chi connectivity index (χ1) is 12.0. The first-order valence-corrected chi connectivity index (χ1v) is 7.56. The van der Waals surface area contributed by atoms with Gasteiger partial charge in [-0.2, -0.15) is 0 Å². The van der Waals surface area contributed by atoms with Gasteiger partial charge in [0.25, 0.3) is 0 Å². The molecule has 2 heterocycles. The molecule has 0 radical (unpaired) electrons. The van der Waals surface area contributed by atoms with Gasteiger partial charge in [0, 0.05) is 24.7 Å². The molecule has 0 saturated carbocycles. The van der Waals surface area contributed by atoms with Crippen LogP contribution in [0.25, 0.3) is 0 Å². The predicted molar refractivity (Wildman–Crippen MR) is 90.3 cm³/mol. The number of nitrogens with zero attached hydrogens (tertiary/aromatic N) is 3. The molecule has 0 amide bonds. The Kier molecular flexibility index (Phi) is 4.23. The van der Waals surface area contributed by atoms with Crippen LogP contribution in [0.2, 0.25) is 0 Å². The molecule has 3 rings (SSSR count). The van der Waals surface area contributed by atoms with Gasteiger partial charge in [-0.25, -0.2) is 9.97 Å². The summed E-state index contributed by atoms with van der Waals surface area (Å²) in [7, 11) is 0. The highest BCUT2D eigenvalue weighted by Crippen LogP contribution is 2.26. The Bertz CT molecular complexity index is 863. The predicted octanol–water partition coefficient (Wildman–Crippen LogP) is 4.02. The summed E-state index contributed by atoms with van der Waals surface area (Å²) in [6.07, 6.45) is 4.51. The zero-order valence-corrected chi connectivity index (χ0v) is 13.4. The monoisotopic (exact) mass is 320 g/mol. The van der Waals surface area contributed by atoms with Gasteiger partial charge in [-0.15, -0.1) is 0 Å². The fourth-order valence-electron chi connectivity index (χ4n) is 2.27. The minimum absolute atomic E-state index is 0.118. The molecule has 5 heteroatoms. The van der Waals surface area contributed by atoms with Crippen molar-refractivity contribution in [2.24, 2.45) is 0 Å². The van der Waals surface area contributed by atoms with Crippen LogP contribution in [0.4, 0.5) is 0 Å². The van der Waals surface area contributed by atoms with Gasteiger partial charge in [0.05, 0.1) is 13.8 Å². The van der Waals surface area contributed by atoms with Crippen molar-refractivity contribution in [1.82, 2.24) is 15.0 Å². The first kappa shape index (κ1) is 14.5. The number of hydrogen-bond donors (Lipinski definition) is 0.